The Hall–Kier alpha value is -3.23. The monoisotopic (exact) mass is 399 g/mol. The van der Waals surface area contributed by atoms with Gasteiger partial charge in [0, 0.05) is 24.3 Å². The van der Waals surface area contributed by atoms with Crippen LogP contribution in [0.15, 0.2) is 36.7 Å². The summed E-state index contributed by atoms with van der Waals surface area (Å²) in [6, 6.07) is 5.14. The van der Waals surface area contributed by atoms with Gasteiger partial charge in [-0.15, -0.1) is 0 Å². The van der Waals surface area contributed by atoms with Crippen LogP contribution in [0.3, 0.4) is 0 Å². The summed E-state index contributed by atoms with van der Waals surface area (Å²) in [4.78, 5) is 18.5. The normalized spacial score (nSPS) is 19.0. The van der Waals surface area contributed by atoms with E-state index in [0.29, 0.717) is 30.0 Å². The number of nitrogens with one attached hydrogen (secondary N) is 1. The highest BCUT2D eigenvalue weighted by molar-refractivity contribution is 5.74. The number of rotatable bonds is 4. The average Bonchev–Trinajstić information content (AvgIpc) is 3.24. The van der Waals surface area contributed by atoms with Crippen LogP contribution in [0, 0.1) is 11.6 Å². The maximum Gasteiger partial charge on any atom is 0.413 e. The van der Waals surface area contributed by atoms with Crippen molar-refractivity contribution < 1.29 is 18.3 Å². The fourth-order valence-electron chi connectivity index (χ4n) is 3.73. The first-order valence-corrected chi connectivity index (χ1v) is 9.63. The molecule has 1 saturated heterocycles. The molecular formula is C20H19F2N5O2. The molecule has 9 heteroatoms. The maximum absolute atomic E-state index is 14.3. The van der Waals surface area contributed by atoms with Crippen molar-refractivity contribution in [2.75, 3.05) is 11.4 Å². The lowest BCUT2D eigenvalue weighted by molar-refractivity contribution is 0.200. The smallest absolute Gasteiger partial charge is 0.405 e. The molecule has 1 aliphatic heterocycles. The van der Waals surface area contributed by atoms with E-state index in [4.69, 9.17) is 4.74 Å². The van der Waals surface area contributed by atoms with Crippen molar-refractivity contribution in [1.29, 1.82) is 0 Å². The van der Waals surface area contributed by atoms with Crippen molar-refractivity contribution in [3.05, 3.63) is 53.9 Å². The summed E-state index contributed by atoms with van der Waals surface area (Å²) in [5.74, 6) is -0.0615. The number of anilines is 1. The van der Waals surface area contributed by atoms with Gasteiger partial charge in [0.05, 0.1) is 12.2 Å². The lowest BCUT2D eigenvalue weighted by Gasteiger charge is -2.26. The van der Waals surface area contributed by atoms with Gasteiger partial charge >= 0.3 is 6.09 Å². The number of aromatic nitrogens is 3. The molecule has 1 aliphatic carbocycles. The SMILES string of the molecule is O=C(NC1CC1)Oc1cnn2ccc(N3CCC[C@@H]3c3cc(F)ccc3F)nc12. The molecule has 7 nitrogen and oxygen atoms in total. The van der Waals surface area contributed by atoms with Crippen molar-refractivity contribution in [2.45, 2.75) is 37.8 Å². The molecule has 1 atom stereocenters. The minimum Gasteiger partial charge on any atom is -0.405 e. The van der Waals surface area contributed by atoms with Gasteiger partial charge in [-0.2, -0.15) is 5.10 Å². The van der Waals surface area contributed by atoms with Gasteiger partial charge < -0.3 is 15.0 Å². The molecule has 0 bridgehead atoms. The van der Waals surface area contributed by atoms with Gasteiger partial charge in [0.2, 0.25) is 5.65 Å². The summed E-state index contributed by atoms with van der Waals surface area (Å²) in [5, 5.41) is 6.91. The summed E-state index contributed by atoms with van der Waals surface area (Å²) in [6.07, 6.45) is 6.06. The lowest BCUT2D eigenvalue weighted by atomic mass is 10.0. The lowest BCUT2D eigenvalue weighted by Crippen LogP contribution is -2.28. The molecule has 5 rings (SSSR count). The van der Waals surface area contributed by atoms with Gasteiger partial charge in [-0.25, -0.2) is 23.1 Å². The zero-order valence-electron chi connectivity index (χ0n) is 15.5. The van der Waals surface area contributed by atoms with E-state index in [1.165, 1.54) is 16.8 Å². The minimum absolute atomic E-state index is 0.180. The predicted octanol–water partition coefficient (Wildman–Crippen LogP) is 3.60. The Kier molecular flexibility index (Phi) is 4.30. The van der Waals surface area contributed by atoms with Crippen molar-refractivity contribution in [3.63, 3.8) is 0 Å². The number of benzene rings is 1. The van der Waals surface area contributed by atoms with Crippen molar-refractivity contribution in [2.24, 2.45) is 0 Å². The molecule has 1 saturated carbocycles. The summed E-state index contributed by atoms with van der Waals surface area (Å²) in [7, 11) is 0. The molecule has 2 aromatic heterocycles. The second-order valence-corrected chi connectivity index (χ2v) is 7.39. The van der Waals surface area contributed by atoms with E-state index in [2.05, 4.69) is 15.4 Å². The van der Waals surface area contributed by atoms with Crippen LogP contribution in [0.25, 0.3) is 5.65 Å². The summed E-state index contributed by atoms with van der Waals surface area (Å²) < 4.78 is 34.9. The van der Waals surface area contributed by atoms with Crippen molar-refractivity contribution in [3.8, 4) is 5.75 Å². The molecule has 150 valence electrons. The molecule has 2 aliphatic rings. The minimum atomic E-state index is -0.532. The van der Waals surface area contributed by atoms with Gasteiger partial charge in [0.1, 0.15) is 17.5 Å². The first-order chi connectivity index (χ1) is 14.1. The third-order valence-corrected chi connectivity index (χ3v) is 5.29. The fourth-order valence-corrected chi connectivity index (χ4v) is 3.73. The first-order valence-electron chi connectivity index (χ1n) is 9.63. The largest absolute Gasteiger partial charge is 0.413 e. The number of carbonyl (C=O) groups excluding carboxylic acids is 1. The summed E-state index contributed by atoms with van der Waals surface area (Å²) >= 11 is 0. The number of nitrogens with zero attached hydrogens (tertiary/aromatic N) is 4. The molecular weight excluding hydrogens is 380 g/mol. The zero-order chi connectivity index (χ0) is 20.0. The summed E-state index contributed by atoms with van der Waals surface area (Å²) in [5.41, 5.74) is 0.705. The van der Waals surface area contributed by atoms with Crippen LogP contribution >= 0.6 is 0 Å². The van der Waals surface area contributed by atoms with Crippen LogP contribution < -0.4 is 15.0 Å². The van der Waals surface area contributed by atoms with E-state index in [1.807, 2.05) is 4.90 Å². The van der Waals surface area contributed by atoms with Gasteiger partial charge in [0.15, 0.2) is 5.75 Å². The van der Waals surface area contributed by atoms with Crippen molar-refractivity contribution in [1.82, 2.24) is 19.9 Å². The Bertz CT molecular complexity index is 1080. The molecule has 1 N–H and O–H groups in total. The molecule has 2 fully saturated rings. The maximum atomic E-state index is 14.3. The van der Waals surface area contributed by atoms with Crippen LogP contribution in [0.5, 0.6) is 5.75 Å². The van der Waals surface area contributed by atoms with Crippen LogP contribution in [-0.2, 0) is 0 Å². The Labute approximate surface area is 165 Å². The molecule has 3 heterocycles. The summed E-state index contributed by atoms with van der Waals surface area (Å²) in [6.45, 7) is 0.663. The average molecular weight is 399 g/mol. The highest BCUT2D eigenvalue weighted by Gasteiger charge is 2.30. The van der Waals surface area contributed by atoms with Gasteiger partial charge in [0.25, 0.3) is 0 Å². The Morgan fingerprint density at radius 1 is 1.21 bits per heavy atom. The van der Waals surface area contributed by atoms with Crippen LogP contribution in [0.2, 0.25) is 0 Å². The Morgan fingerprint density at radius 3 is 2.90 bits per heavy atom. The second kappa shape index (κ2) is 6.98. The van der Waals surface area contributed by atoms with E-state index in [1.54, 1.807) is 12.3 Å². The molecule has 1 amide bonds. The number of hydrogen-bond acceptors (Lipinski definition) is 5. The van der Waals surface area contributed by atoms with E-state index in [0.717, 1.165) is 31.4 Å². The van der Waals surface area contributed by atoms with E-state index < -0.39 is 17.7 Å². The first kappa shape index (κ1) is 17.8. The zero-order valence-corrected chi connectivity index (χ0v) is 15.5. The Morgan fingerprint density at radius 2 is 2.07 bits per heavy atom. The number of amides is 1. The van der Waals surface area contributed by atoms with E-state index in [9.17, 15) is 13.6 Å². The van der Waals surface area contributed by atoms with Gasteiger partial charge in [-0.05, 0) is 49.9 Å². The third-order valence-electron chi connectivity index (χ3n) is 5.29. The quantitative estimate of drug-likeness (QED) is 0.726. The van der Waals surface area contributed by atoms with Gasteiger partial charge in [-0.1, -0.05) is 0 Å². The van der Waals surface area contributed by atoms with Gasteiger partial charge in [-0.3, -0.25) is 0 Å². The van der Waals surface area contributed by atoms with Crippen LogP contribution in [-0.4, -0.2) is 33.3 Å². The number of ether oxygens (including phenoxy) is 1. The Balaban J connectivity index is 1.45. The molecule has 29 heavy (non-hydrogen) atoms. The third kappa shape index (κ3) is 3.48. The number of hydrogen-bond donors (Lipinski definition) is 1. The number of fused-ring (bicyclic) bond motifs is 1. The molecule has 1 aromatic carbocycles. The fraction of sp³-hybridized carbons (Fsp3) is 0.350. The second-order valence-electron chi connectivity index (χ2n) is 7.39. The molecule has 0 radical (unpaired) electrons. The molecule has 0 unspecified atom stereocenters. The highest BCUT2D eigenvalue weighted by atomic mass is 19.1. The number of carbonyl (C=O) groups is 1. The van der Waals surface area contributed by atoms with E-state index in [-0.39, 0.29) is 17.8 Å². The highest BCUT2D eigenvalue weighted by Crippen LogP contribution is 2.37. The topological polar surface area (TPSA) is 71.8 Å². The van der Waals surface area contributed by atoms with E-state index >= 15 is 0 Å². The predicted molar refractivity (Wildman–Crippen MR) is 101 cm³/mol. The molecule has 3 aromatic rings. The van der Waals surface area contributed by atoms with Crippen LogP contribution in [0.4, 0.5) is 19.4 Å². The standard InChI is InChI=1S/C20H19F2N5O2/c21-12-3-6-15(22)14(10-12)16-2-1-8-26(16)18-7-9-27-19(25-18)17(11-23-27)29-20(28)24-13-4-5-13/h3,6-7,9-11,13,16H,1-2,4-5,8H2,(H,24,28)/t16-/m1/s1. The van der Waals surface area contributed by atoms with Crippen molar-refractivity contribution >= 4 is 17.6 Å². The van der Waals surface area contributed by atoms with Crippen LogP contribution in [0.1, 0.15) is 37.3 Å². The number of halogens is 2. The molecule has 0 spiro atoms.